The summed E-state index contributed by atoms with van der Waals surface area (Å²) in [5, 5.41) is 3.04. The third-order valence-electron chi connectivity index (χ3n) is 2.56. The van der Waals surface area contributed by atoms with Gasteiger partial charge in [-0.2, -0.15) is 0 Å². The van der Waals surface area contributed by atoms with Crippen LogP contribution in [0.25, 0.3) is 0 Å². The van der Waals surface area contributed by atoms with E-state index < -0.39 is 0 Å². The van der Waals surface area contributed by atoms with Crippen molar-refractivity contribution in [2.45, 2.75) is 45.6 Å². The van der Waals surface area contributed by atoms with Crippen LogP contribution in [-0.4, -0.2) is 16.9 Å². The molecule has 1 aromatic rings. The molecule has 3 nitrogen and oxygen atoms in total. The molecule has 1 rings (SSSR count). The standard InChI is InChI=1S/C13H19BrN2O/c1-3-6-10(7-4-2)15-13(17)11-8-5-9-12(14)16-11/h5,8-10H,3-4,6-7H2,1-2H3,(H,15,17). The van der Waals surface area contributed by atoms with Gasteiger partial charge in [-0.1, -0.05) is 32.8 Å². The third-order valence-corrected chi connectivity index (χ3v) is 3.00. The molecule has 0 aliphatic heterocycles. The molecule has 0 radical (unpaired) electrons. The van der Waals surface area contributed by atoms with Crippen LogP contribution in [0.1, 0.15) is 50.0 Å². The number of pyridine rings is 1. The van der Waals surface area contributed by atoms with E-state index in [0.29, 0.717) is 10.3 Å². The van der Waals surface area contributed by atoms with E-state index >= 15 is 0 Å². The van der Waals surface area contributed by atoms with Crippen molar-refractivity contribution in [2.75, 3.05) is 0 Å². The van der Waals surface area contributed by atoms with Crippen molar-refractivity contribution >= 4 is 21.8 Å². The van der Waals surface area contributed by atoms with E-state index in [1.54, 1.807) is 6.07 Å². The largest absolute Gasteiger partial charge is 0.348 e. The minimum atomic E-state index is -0.0850. The van der Waals surface area contributed by atoms with Gasteiger partial charge in [0.1, 0.15) is 10.3 Å². The molecule has 17 heavy (non-hydrogen) atoms. The van der Waals surface area contributed by atoms with Crippen LogP contribution in [0.15, 0.2) is 22.8 Å². The maximum atomic E-state index is 12.0. The Morgan fingerprint density at radius 1 is 1.35 bits per heavy atom. The smallest absolute Gasteiger partial charge is 0.270 e. The Morgan fingerprint density at radius 3 is 2.53 bits per heavy atom. The molecular weight excluding hydrogens is 280 g/mol. The summed E-state index contributed by atoms with van der Waals surface area (Å²) in [5.41, 5.74) is 0.469. The molecular formula is C13H19BrN2O. The van der Waals surface area contributed by atoms with Crippen LogP contribution >= 0.6 is 15.9 Å². The third kappa shape index (κ3) is 4.86. The Kier molecular flexibility index (Phi) is 6.19. The van der Waals surface area contributed by atoms with Crippen LogP contribution in [0.5, 0.6) is 0 Å². The minimum absolute atomic E-state index is 0.0850. The zero-order valence-electron chi connectivity index (χ0n) is 10.4. The molecule has 0 fully saturated rings. The van der Waals surface area contributed by atoms with Crippen LogP contribution in [-0.2, 0) is 0 Å². The first-order valence-electron chi connectivity index (χ1n) is 6.10. The molecule has 0 aliphatic carbocycles. The monoisotopic (exact) mass is 298 g/mol. The highest BCUT2D eigenvalue weighted by atomic mass is 79.9. The van der Waals surface area contributed by atoms with Crippen molar-refractivity contribution in [2.24, 2.45) is 0 Å². The predicted molar refractivity (Wildman–Crippen MR) is 73.0 cm³/mol. The molecule has 94 valence electrons. The van der Waals surface area contributed by atoms with Gasteiger partial charge < -0.3 is 5.32 Å². The van der Waals surface area contributed by atoms with Gasteiger partial charge in [-0.3, -0.25) is 4.79 Å². The lowest BCUT2D eigenvalue weighted by molar-refractivity contribution is 0.0927. The number of amides is 1. The van der Waals surface area contributed by atoms with E-state index in [4.69, 9.17) is 0 Å². The number of hydrogen-bond donors (Lipinski definition) is 1. The number of halogens is 1. The number of rotatable bonds is 6. The molecule has 1 N–H and O–H groups in total. The Morgan fingerprint density at radius 2 is 2.00 bits per heavy atom. The topological polar surface area (TPSA) is 42.0 Å². The van der Waals surface area contributed by atoms with E-state index in [0.717, 1.165) is 25.7 Å². The lowest BCUT2D eigenvalue weighted by atomic mass is 10.1. The van der Waals surface area contributed by atoms with Gasteiger partial charge in [-0.15, -0.1) is 0 Å². The van der Waals surface area contributed by atoms with Crippen molar-refractivity contribution in [1.82, 2.24) is 10.3 Å². The molecule has 1 heterocycles. The minimum Gasteiger partial charge on any atom is -0.348 e. The van der Waals surface area contributed by atoms with Crippen molar-refractivity contribution in [3.63, 3.8) is 0 Å². The average Bonchev–Trinajstić information content (AvgIpc) is 2.29. The van der Waals surface area contributed by atoms with Gasteiger partial charge in [-0.05, 0) is 40.9 Å². The summed E-state index contributed by atoms with van der Waals surface area (Å²) in [6.07, 6.45) is 4.20. The lowest BCUT2D eigenvalue weighted by Crippen LogP contribution is -2.35. The van der Waals surface area contributed by atoms with Gasteiger partial charge in [0.05, 0.1) is 0 Å². The molecule has 0 unspecified atom stereocenters. The molecule has 0 spiro atoms. The second-order valence-electron chi connectivity index (χ2n) is 4.09. The summed E-state index contributed by atoms with van der Waals surface area (Å²) in [7, 11) is 0. The highest BCUT2D eigenvalue weighted by Crippen LogP contribution is 2.09. The van der Waals surface area contributed by atoms with Gasteiger partial charge in [0.15, 0.2) is 0 Å². The molecule has 4 heteroatoms. The quantitative estimate of drug-likeness (QED) is 0.816. The summed E-state index contributed by atoms with van der Waals surface area (Å²) < 4.78 is 0.688. The van der Waals surface area contributed by atoms with Crippen LogP contribution in [0, 0.1) is 0 Å². The predicted octanol–water partition coefficient (Wildman–Crippen LogP) is 3.54. The summed E-state index contributed by atoms with van der Waals surface area (Å²) in [6.45, 7) is 4.26. The summed E-state index contributed by atoms with van der Waals surface area (Å²) in [6, 6.07) is 5.63. The van der Waals surface area contributed by atoms with Crippen molar-refractivity contribution in [3.8, 4) is 0 Å². The lowest BCUT2D eigenvalue weighted by Gasteiger charge is -2.16. The molecule has 1 aromatic heterocycles. The number of carbonyl (C=O) groups is 1. The molecule has 0 bridgehead atoms. The first kappa shape index (κ1) is 14.2. The van der Waals surface area contributed by atoms with Crippen LogP contribution in [0.3, 0.4) is 0 Å². The van der Waals surface area contributed by atoms with E-state index in [1.165, 1.54) is 0 Å². The van der Waals surface area contributed by atoms with Crippen molar-refractivity contribution in [3.05, 3.63) is 28.5 Å². The number of nitrogens with one attached hydrogen (secondary N) is 1. The van der Waals surface area contributed by atoms with Gasteiger partial charge in [-0.25, -0.2) is 4.98 Å². The van der Waals surface area contributed by atoms with Crippen LogP contribution in [0.2, 0.25) is 0 Å². The van der Waals surface area contributed by atoms with Gasteiger partial charge in [0, 0.05) is 6.04 Å². The normalized spacial score (nSPS) is 10.6. The summed E-state index contributed by atoms with van der Waals surface area (Å²) >= 11 is 3.27. The number of carbonyl (C=O) groups excluding carboxylic acids is 1. The number of nitrogens with zero attached hydrogens (tertiary/aromatic N) is 1. The van der Waals surface area contributed by atoms with Crippen molar-refractivity contribution in [1.29, 1.82) is 0 Å². The second kappa shape index (κ2) is 7.43. The molecule has 0 atom stereocenters. The zero-order chi connectivity index (χ0) is 12.7. The Balaban J connectivity index is 2.63. The Labute approximate surface area is 111 Å². The second-order valence-corrected chi connectivity index (χ2v) is 4.91. The van der Waals surface area contributed by atoms with Crippen LogP contribution in [0.4, 0.5) is 0 Å². The van der Waals surface area contributed by atoms with Gasteiger partial charge >= 0.3 is 0 Å². The molecule has 0 saturated heterocycles. The molecule has 0 saturated carbocycles. The molecule has 0 aliphatic rings. The number of hydrogen-bond acceptors (Lipinski definition) is 2. The van der Waals surface area contributed by atoms with E-state index in [1.807, 2.05) is 12.1 Å². The Bertz CT molecular complexity index is 362. The van der Waals surface area contributed by atoms with Gasteiger partial charge in [0.2, 0.25) is 0 Å². The molecule has 0 aromatic carbocycles. The maximum Gasteiger partial charge on any atom is 0.270 e. The highest BCUT2D eigenvalue weighted by molar-refractivity contribution is 9.10. The van der Waals surface area contributed by atoms with Crippen LogP contribution < -0.4 is 5.32 Å². The fourth-order valence-electron chi connectivity index (χ4n) is 1.78. The maximum absolute atomic E-state index is 12.0. The Hall–Kier alpha value is -0.900. The fourth-order valence-corrected chi connectivity index (χ4v) is 2.12. The van der Waals surface area contributed by atoms with E-state index in [-0.39, 0.29) is 11.9 Å². The first-order chi connectivity index (χ1) is 8.17. The molecule has 1 amide bonds. The fraction of sp³-hybridized carbons (Fsp3) is 0.538. The highest BCUT2D eigenvalue weighted by Gasteiger charge is 2.13. The van der Waals surface area contributed by atoms with Crippen molar-refractivity contribution < 1.29 is 4.79 Å². The summed E-state index contributed by atoms with van der Waals surface area (Å²) in [4.78, 5) is 16.1. The first-order valence-corrected chi connectivity index (χ1v) is 6.90. The SMILES string of the molecule is CCCC(CCC)NC(=O)c1cccc(Br)n1. The van der Waals surface area contributed by atoms with Gasteiger partial charge in [0.25, 0.3) is 5.91 Å². The zero-order valence-corrected chi connectivity index (χ0v) is 12.0. The van der Waals surface area contributed by atoms with E-state index in [2.05, 4.69) is 40.1 Å². The van der Waals surface area contributed by atoms with E-state index in [9.17, 15) is 4.79 Å². The number of aromatic nitrogens is 1. The average molecular weight is 299 g/mol. The summed E-state index contributed by atoms with van der Waals surface area (Å²) in [5.74, 6) is -0.0850.